The van der Waals surface area contributed by atoms with Crippen molar-refractivity contribution in [3.8, 4) is 11.1 Å². The average Bonchev–Trinajstić information content (AvgIpc) is 3.28. The summed E-state index contributed by atoms with van der Waals surface area (Å²) < 4.78 is 14.6. The van der Waals surface area contributed by atoms with E-state index in [-0.39, 0.29) is 24.2 Å². The Hall–Kier alpha value is -3.80. The van der Waals surface area contributed by atoms with Crippen LogP contribution >= 0.6 is 0 Å². The summed E-state index contributed by atoms with van der Waals surface area (Å²) in [6.45, 7) is 4.77. The average molecular weight is 444 g/mol. The minimum absolute atomic E-state index is 0.127. The summed E-state index contributed by atoms with van der Waals surface area (Å²) in [5.41, 5.74) is 1.84. The van der Waals surface area contributed by atoms with Crippen LogP contribution in [0, 0.1) is 11.2 Å². The Balaban J connectivity index is 1.67. The number of aromatic nitrogens is 1. The molecule has 0 radical (unpaired) electrons. The zero-order valence-electron chi connectivity index (χ0n) is 18.3. The van der Waals surface area contributed by atoms with Gasteiger partial charge in [-0.2, -0.15) is 0 Å². The van der Waals surface area contributed by atoms with Crippen molar-refractivity contribution in [3.63, 3.8) is 0 Å². The van der Waals surface area contributed by atoms with Gasteiger partial charge in [-0.15, -0.1) is 6.58 Å². The summed E-state index contributed by atoms with van der Waals surface area (Å²) in [5, 5.41) is 2.93. The summed E-state index contributed by atoms with van der Waals surface area (Å²) in [7, 11) is 0. The van der Waals surface area contributed by atoms with Gasteiger partial charge in [0.2, 0.25) is 5.91 Å². The summed E-state index contributed by atoms with van der Waals surface area (Å²) >= 11 is 0. The summed E-state index contributed by atoms with van der Waals surface area (Å²) in [4.78, 5) is 32.1. The first-order valence-electron chi connectivity index (χ1n) is 11.0. The molecule has 0 aliphatic carbocycles. The molecule has 0 unspecified atom stereocenters. The van der Waals surface area contributed by atoms with E-state index in [1.54, 1.807) is 53.7 Å². The highest BCUT2D eigenvalue weighted by atomic mass is 19.1. The molecule has 1 fully saturated rings. The van der Waals surface area contributed by atoms with Crippen LogP contribution in [0.2, 0.25) is 0 Å². The number of hydrogen-bond donors (Lipinski definition) is 1. The second-order valence-corrected chi connectivity index (χ2v) is 8.31. The minimum atomic E-state index is -0.826. The van der Waals surface area contributed by atoms with Gasteiger partial charge in [0, 0.05) is 43.2 Å². The third kappa shape index (κ3) is 4.70. The fraction of sp³-hybridized carbons (Fsp3) is 0.222. The molecule has 2 heterocycles. The number of likely N-dealkylation sites (tertiary alicyclic amines) is 1. The number of benzene rings is 2. The van der Waals surface area contributed by atoms with E-state index in [4.69, 9.17) is 0 Å². The first-order valence-corrected chi connectivity index (χ1v) is 11.0. The van der Waals surface area contributed by atoms with Gasteiger partial charge in [-0.05, 0) is 42.2 Å². The first kappa shape index (κ1) is 22.4. The van der Waals surface area contributed by atoms with Crippen LogP contribution in [0.3, 0.4) is 0 Å². The van der Waals surface area contributed by atoms with Crippen LogP contribution < -0.4 is 5.32 Å². The lowest BCUT2D eigenvalue weighted by Crippen LogP contribution is -2.45. The van der Waals surface area contributed by atoms with E-state index < -0.39 is 5.41 Å². The monoisotopic (exact) mass is 443 g/mol. The van der Waals surface area contributed by atoms with E-state index in [9.17, 15) is 14.0 Å². The molecule has 2 aromatic carbocycles. The predicted molar refractivity (Wildman–Crippen MR) is 126 cm³/mol. The Bertz CT molecular complexity index is 1160. The summed E-state index contributed by atoms with van der Waals surface area (Å²) in [6, 6.07) is 17.5. The lowest BCUT2D eigenvalue weighted by atomic mass is 9.78. The number of amides is 2. The van der Waals surface area contributed by atoms with Crippen LogP contribution in [0.25, 0.3) is 11.1 Å². The Morgan fingerprint density at radius 3 is 2.48 bits per heavy atom. The largest absolute Gasteiger partial charge is 0.352 e. The van der Waals surface area contributed by atoms with Gasteiger partial charge < -0.3 is 10.2 Å². The number of nitrogens with one attached hydrogen (secondary N) is 1. The molecular formula is C27H26FN3O2. The van der Waals surface area contributed by atoms with Crippen LogP contribution in [0.4, 0.5) is 4.39 Å². The third-order valence-electron chi connectivity index (χ3n) is 6.17. The van der Waals surface area contributed by atoms with Crippen molar-refractivity contribution in [2.75, 3.05) is 19.6 Å². The Morgan fingerprint density at radius 1 is 1.06 bits per heavy atom. The van der Waals surface area contributed by atoms with Crippen molar-refractivity contribution in [1.82, 2.24) is 15.2 Å². The fourth-order valence-electron chi connectivity index (χ4n) is 4.47. The van der Waals surface area contributed by atoms with E-state index in [1.807, 2.05) is 24.3 Å². The molecule has 2 amide bonds. The maximum absolute atomic E-state index is 14.6. The number of nitrogens with zero attached hydrogens (tertiary/aromatic N) is 2. The predicted octanol–water partition coefficient (Wildman–Crippen LogP) is 4.26. The zero-order chi connectivity index (χ0) is 23.3. The Labute approximate surface area is 193 Å². The number of hydrogen-bond acceptors (Lipinski definition) is 3. The van der Waals surface area contributed by atoms with E-state index in [1.165, 1.54) is 6.07 Å². The molecule has 1 saturated heterocycles. The zero-order valence-corrected chi connectivity index (χ0v) is 18.3. The van der Waals surface area contributed by atoms with Crippen molar-refractivity contribution in [2.45, 2.75) is 12.8 Å². The molecule has 5 nitrogen and oxygen atoms in total. The number of rotatable bonds is 7. The topological polar surface area (TPSA) is 62.3 Å². The highest BCUT2D eigenvalue weighted by molar-refractivity contribution is 5.95. The van der Waals surface area contributed by atoms with Gasteiger partial charge in [0.05, 0.1) is 5.41 Å². The van der Waals surface area contributed by atoms with Crippen molar-refractivity contribution < 1.29 is 14.0 Å². The molecule has 1 aliphatic rings. The second kappa shape index (κ2) is 9.77. The van der Waals surface area contributed by atoms with E-state index in [2.05, 4.69) is 16.9 Å². The molecule has 1 atom stereocenters. The van der Waals surface area contributed by atoms with Crippen LogP contribution in [0.1, 0.15) is 22.3 Å². The van der Waals surface area contributed by atoms with Crippen LogP contribution in [-0.4, -0.2) is 41.3 Å². The lowest BCUT2D eigenvalue weighted by molar-refractivity contribution is -0.130. The molecule has 3 aromatic rings. The van der Waals surface area contributed by atoms with Crippen LogP contribution in [0.5, 0.6) is 0 Å². The smallest absolute Gasteiger partial charge is 0.253 e. The van der Waals surface area contributed by atoms with Crippen LogP contribution in [-0.2, 0) is 11.2 Å². The fourth-order valence-corrected chi connectivity index (χ4v) is 4.47. The second-order valence-electron chi connectivity index (χ2n) is 8.31. The normalized spacial score (nSPS) is 17.5. The molecule has 0 bridgehead atoms. The number of pyridine rings is 1. The highest BCUT2D eigenvalue weighted by Gasteiger charge is 2.46. The molecule has 6 heteroatoms. The number of halogens is 1. The summed E-state index contributed by atoms with van der Waals surface area (Å²) in [6.07, 6.45) is 5.70. The first-order chi connectivity index (χ1) is 16.0. The maximum Gasteiger partial charge on any atom is 0.253 e. The van der Waals surface area contributed by atoms with Gasteiger partial charge in [-0.1, -0.05) is 48.5 Å². The third-order valence-corrected chi connectivity index (χ3v) is 6.17. The number of carbonyl (C=O) groups is 2. The molecule has 33 heavy (non-hydrogen) atoms. The lowest BCUT2D eigenvalue weighted by Gasteiger charge is -2.29. The SMILES string of the molecule is C=CCNC(=O)[C@]1(Cc2ccccc2-c2ccccc2F)CCN(C(=O)c2ccncc2)C1. The van der Waals surface area contributed by atoms with Crippen molar-refractivity contribution in [3.05, 3.63) is 103 Å². The highest BCUT2D eigenvalue weighted by Crippen LogP contribution is 2.38. The standard InChI is InChI=1S/C27H26FN3O2/c1-2-14-30-26(33)27(13-17-31(19-27)25(32)20-11-15-29-16-12-20)18-21-7-3-4-8-22(21)23-9-5-6-10-24(23)28/h2-12,15-16H,1,13-14,17-19H2,(H,30,33)/t27-/m0/s1. The van der Waals surface area contributed by atoms with Gasteiger partial charge in [0.1, 0.15) is 5.82 Å². The molecular weight excluding hydrogens is 417 g/mol. The molecule has 0 saturated carbocycles. The van der Waals surface area contributed by atoms with Gasteiger partial charge in [-0.25, -0.2) is 4.39 Å². The van der Waals surface area contributed by atoms with Gasteiger partial charge in [0.25, 0.3) is 5.91 Å². The quantitative estimate of drug-likeness (QED) is 0.555. The van der Waals surface area contributed by atoms with Crippen molar-refractivity contribution >= 4 is 11.8 Å². The van der Waals surface area contributed by atoms with Gasteiger partial charge in [-0.3, -0.25) is 14.6 Å². The Morgan fingerprint density at radius 2 is 1.76 bits per heavy atom. The maximum atomic E-state index is 14.6. The Kier molecular flexibility index (Phi) is 6.63. The summed E-state index contributed by atoms with van der Waals surface area (Å²) in [5.74, 6) is -0.565. The number of carbonyl (C=O) groups excluding carboxylic acids is 2. The van der Waals surface area contributed by atoms with E-state index >= 15 is 0 Å². The molecule has 1 aromatic heterocycles. The minimum Gasteiger partial charge on any atom is -0.352 e. The van der Waals surface area contributed by atoms with Gasteiger partial charge >= 0.3 is 0 Å². The molecule has 0 spiro atoms. The van der Waals surface area contributed by atoms with Crippen molar-refractivity contribution in [2.24, 2.45) is 5.41 Å². The van der Waals surface area contributed by atoms with E-state index in [0.29, 0.717) is 37.1 Å². The van der Waals surface area contributed by atoms with Crippen LogP contribution in [0.15, 0.2) is 85.7 Å². The molecule has 168 valence electrons. The molecule has 1 N–H and O–H groups in total. The van der Waals surface area contributed by atoms with Gasteiger partial charge in [0.15, 0.2) is 0 Å². The molecule has 4 rings (SSSR count). The van der Waals surface area contributed by atoms with E-state index in [0.717, 1.165) is 11.1 Å². The van der Waals surface area contributed by atoms with Crippen molar-refractivity contribution in [1.29, 1.82) is 0 Å². The molecule has 1 aliphatic heterocycles.